The molecule has 0 atom stereocenters. The molecule has 0 bridgehead atoms. The van der Waals surface area contributed by atoms with Crippen LogP contribution >= 0.6 is 0 Å². The highest BCUT2D eigenvalue weighted by molar-refractivity contribution is 5.89. The molecule has 0 heterocycles. The Morgan fingerprint density at radius 3 is 2.50 bits per heavy atom. The predicted octanol–water partition coefficient (Wildman–Crippen LogP) is 1.68. The van der Waals surface area contributed by atoms with Gasteiger partial charge in [0.1, 0.15) is 0 Å². The molecule has 5 heteroatoms. The fourth-order valence-electron chi connectivity index (χ4n) is 1.81. The minimum Gasteiger partial charge on any atom is -0.493 e. The molecule has 0 radical (unpaired) electrons. The Morgan fingerprint density at radius 2 is 2.00 bits per heavy atom. The van der Waals surface area contributed by atoms with Gasteiger partial charge >= 0.3 is 5.97 Å². The second-order valence-electron chi connectivity index (χ2n) is 3.92. The lowest BCUT2D eigenvalue weighted by Crippen LogP contribution is -2.04. The van der Waals surface area contributed by atoms with E-state index in [1.54, 1.807) is 13.2 Å². The Balaban J connectivity index is 3.09. The summed E-state index contributed by atoms with van der Waals surface area (Å²) < 4.78 is 10.4. The SMILES string of the molecule is COc1cc(C(=O)O)cc(CCCCN)c1OC. The summed E-state index contributed by atoms with van der Waals surface area (Å²) in [6, 6.07) is 3.09. The summed E-state index contributed by atoms with van der Waals surface area (Å²) in [6.07, 6.45) is 2.50. The van der Waals surface area contributed by atoms with Gasteiger partial charge < -0.3 is 20.3 Å². The number of aromatic carboxylic acids is 1. The highest BCUT2D eigenvalue weighted by atomic mass is 16.5. The van der Waals surface area contributed by atoms with Gasteiger partial charge in [-0.05, 0) is 43.5 Å². The quantitative estimate of drug-likeness (QED) is 0.722. The topological polar surface area (TPSA) is 81.8 Å². The van der Waals surface area contributed by atoms with Gasteiger partial charge in [0.25, 0.3) is 0 Å². The Hall–Kier alpha value is -1.75. The molecule has 1 aromatic rings. The van der Waals surface area contributed by atoms with Crippen molar-refractivity contribution in [1.82, 2.24) is 0 Å². The lowest BCUT2D eigenvalue weighted by Gasteiger charge is -2.13. The van der Waals surface area contributed by atoms with Gasteiger partial charge in [-0.25, -0.2) is 4.79 Å². The minimum absolute atomic E-state index is 0.204. The Kier molecular flexibility index (Phi) is 5.45. The summed E-state index contributed by atoms with van der Waals surface area (Å²) in [5.41, 5.74) is 6.49. The fourth-order valence-corrected chi connectivity index (χ4v) is 1.81. The molecule has 1 aromatic carbocycles. The van der Waals surface area contributed by atoms with Crippen LogP contribution < -0.4 is 15.2 Å². The number of carboxylic acids is 1. The molecule has 0 aliphatic carbocycles. The molecule has 3 N–H and O–H groups in total. The standard InChI is InChI=1S/C13H19NO4/c1-17-11-8-10(13(15)16)7-9(12(11)18-2)5-3-4-6-14/h7-8H,3-6,14H2,1-2H3,(H,15,16). The van der Waals surface area contributed by atoms with Gasteiger partial charge in [0.15, 0.2) is 11.5 Å². The highest BCUT2D eigenvalue weighted by Gasteiger charge is 2.15. The van der Waals surface area contributed by atoms with Gasteiger partial charge in [-0.2, -0.15) is 0 Å². The van der Waals surface area contributed by atoms with E-state index in [0.717, 1.165) is 24.8 Å². The van der Waals surface area contributed by atoms with E-state index in [9.17, 15) is 4.79 Å². The number of methoxy groups -OCH3 is 2. The van der Waals surface area contributed by atoms with Gasteiger partial charge in [0.2, 0.25) is 0 Å². The maximum atomic E-state index is 11.0. The van der Waals surface area contributed by atoms with E-state index in [-0.39, 0.29) is 5.56 Å². The monoisotopic (exact) mass is 253 g/mol. The third kappa shape index (κ3) is 3.37. The number of unbranched alkanes of at least 4 members (excludes halogenated alkanes) is 1. The van der Waals surface area contributed by atoms with E-state index in [4.69, 9.17) is 20.3 Å². The number of carboxylic acid groups (broad SMARTS) is 1. The lowest BCUT2D eigenvalue weighted by molar-refractivity contribution is 0.0696. The van der Waals surface area contributed by atoms with Crippen LogP contribution in [0.2, 0.25) is 0 Å². The number of hydrogen-bond acceptors (Lipinski definition) is 4. The molecule has 0 amide bonds. The number of rotatable bonds is 7. The van der Waals surface area contributed by atoms with Crippen LogP contribution in [-0.2, 0) is 6.42 Å². The maximum Gasteiger partial charge on any atom is 0.335 e. The predicted molar refractivity (Wildman–Crippen MR) is 68.5 cm³/mol. The zero-order valence-corrected chi connectivity index (χ0v) is 10.7. The van der Waals surface area contributed by atoms with Crippen LogP contribution in [0.3, 0.4) is 0 Å². The first-order valence-corrected chi connectivity index (χ1v) is 5.82. The first kappa shape index (κ1) is 14.3. The van der Waals surface area contributed by atoms with Crippen LogP contribution in [0, 0.1) is 0 Å². The van der Waals surface area contributed by atoms with E-state index in [1.165, 1.54) is 13.2 Å². The second kappa shape index (κ2) is 6.86. The summed E-state index contributed by atoms with van der Waals surface area (Å²) in [7, 11) is 3.04. The molecule has 0 saturated heterocycles. The third-order valence-corrected chi connectivity index (χ3v) is 2.70. The molecule has 0 saturated carbocycles. The minimum atomic E-state index is -0.976. The first-order chi connectivity index (χ1) is 8.63. The van der Waals surface area contributed by atoms with Gasteiger partial charge in [-0.15, -0.1) is 0 Å². The average molecular weight is 253 g/mol. The molecular weight excluding hydrogens is 234 g/mol. The van der Waals surface area contributed by atoms with Gasteiger partial charge in [0.05, 0.1) is 19.8 Å². The molecule has 18 heavy (non-hydrogen) atoms. The van der Waals surface area contributed by atoms with Crippen molar-refractivity contribution in [3.05, 3.63) is 23.3 Å². The van der Waals surface area contributed by atoms with Crippen LogP contribution in [0.1, 0.15) is 28.8 Å². The van der Waals surface area contributed by atoms with E-state index < -0.39 is 5.97 Å². The molecule has 0 aliphatic rings. The molecule has 1 rings (SSSR count). The summed E-state index contributed by atoms with van der Waals surface area (Å²) in [6.45, 7) is 0.623. The average Bonchev–Trinajstić information content (AvgIpc) is 2.37. The van der Waals surface area contributed by atoms with Crippen LogP contribution in [0.25, 0.3) is 0 Å². The fraction of sp³-hybridized carbons (Fsp3) is 0.462. The van der Waals surface area contributed by atoms with Crippen LogP contribution in [0.5, 0.6) is 11.5 Å². The molecule has 0 aromatic heterocycles. The van der Waals surface area contributed by atoms with Gasteiger partial charge in [-0.3, -0.25) is 0 Å². The smallest absolute Gasteiger partial charge is 0.335 e. The summed E-state index contributed by atoms with van der Waals surface area (Å²) in [4.78, 5) is 11.0. The second-order valence-corrected chi connectivity index (χ2v) is 3.92. The van der Waals surface area contributed by atoms with Crippen molar-refractivity contribution in [2.45, 2.75) is 19.3 Å². The van der Waals surface area contributed by atoms with E-state index in [0.29, 0.717) is 18.0 Å². The van der Waals surface area contributed by atoms with Crippen molar-refractivity contribution in [1.29, 1.82) is 0 Å². The first-order valence-electron chi connectivity index (χ1n) is 5.82. The van der Waals surface area contributed by atoms with Crippen molar-refractivity contribution >= 4 is 5.97 Å². The largest absolute Gasteiger partial charge is 0.493 e. The molecule has 0 spiro atoms. The molecule has 5 nitrogen and oxygen atoms in total. The lowest BCUT2D eigenvalue weighted by atomic mass is 10.0. The maximum absolute atomic E-state index is 11.0. The molecular formula is C13H19NO4. The Bertz CT molecular complexity index is 418. The van der Waals surface area contributed by atoms with Gasteiger partial charge in [0, 0.05) is 0 Å². The number of nitrogens with two attached hydrogens (primary N) is 1. The Labute approximate surface area is 107 Å². The summed E-state index contributed by atoms with van der Waals surface area (Å²) in [5.74, 6) is 0.0655. The molecule has 100 valence electrons. The van der Waals surface area contributed by atoms with Crippen molar-refractivity contribution in [2.24, 2.45) is 5.73 Å². The van der Waals surface area contributed by atoms with Crippen molar-refractivity contribution in [3.8, 4) is 11.5 Å². The number of hydrogen-bond donors (Lipinski definition) is 2. The number of ether oxygens (including phenoxy) is 2. The van der Waals surface area contributed by atoms with Crippen LogP contribution in [-0.4, -0.2) is 31.8 Å². The van der Waals surface area contributed by atoms with Crippen LogP contribution in [0.4, 0.5) is 0 Å². The van der Waals surface area contributed by atoms with E-state index >= 15 is 0 Å². The highest BCUT2D eigenvalue weighted by Crippen LogP contribution is 2.33. The third-order valence-electron chi connectivity index (χ3n) is 2.70. The Morgan fingerprint density at radius 1 is 1.28 bits per heavy atom. The molecule has 0 fully saturated rings. The van der Waals surface area contributed by atoms with Crippen LogP contribution in [0.15, 0.2) is 12.1 Å². The molecule has 0 unspecified atom stereocenters. The number of benzene rings is 1. The summed E-state index contributed by atoms with van der Waals surface area (Å²) >= 11 is 0. The molecule has 0 aliphatic heterocycles. The number of carbonyl (C=O) groups is 1. The zero-order valence-electron chi connectivity index (χ0n) is 10.7. The van der Waals surface area contributed by atoms with E-state index in [1.807, 2.05) is 0 Å². The zero-order chi connectivity index (χ0) is 13.5. The summed E-state index contributed by atoms with van der Waals surface area (Å²) in [5, 5.41) is 9.05. The number of aryl methyl sites for hydroxylation is 1. The van der Waals surface area contributed by atoms with Crippen molar-refractivity contribution in [2.75, 3.05) is 20.8 Å². The normalized spacial score (nSPS) is 10.2. The van der Waals surface area contributed by atoms with Crippen molar-refractivity contribution < 1.29 is 19.4 Å². The van der Waals surface area contributed by atoms with Crippen molar-refractivity contribution in [3.63, 3.8) is 0 Å². The van der Waals surface area contributed by atoms with Gasteiger partial charge in [-0.1, -0.05) is 0 Å². The van der Waals surface area contributed by atoms with E-state index in [2.05, 4.69) is 0 Å².